The third kappa shape index (κ3) is 1.93. The van der Waals surface area contributed by atoms with E-state index in [0.29, 0.717) is 24.5 Å². The van der Waals surface area contributed by atoms with Gasteiger partial charge in [0.25, 0.3) is 0 Å². The molecule has 0 saturated heterocycles. The standard InChI is InChI=1S/C15H24N2O/c1-5-8-16-10-13(18)17-12-9-11-6-7-15(12,4)14(11,2)3/h1,11-12,16H,6-10H2,2-4H3,(H,17,18). The fourth-order valence-corrected chi connectivity index (χ4v) is 3.92. The van der Waals surface area contributed by atoms with Gasteiger partial charge in [-0.25, -0.2) is 0 Å². The first-order valence-electron chi connectivity index (χ1n) is 6.85. The van der Waals surface area contributed by atoms with Gasteiger partial charge in [-0.2, -0.15) is 0 Å². The molecule has 2 rings (SSSR count). The molecule has 0 aliphatic heterocycles. The average molecular weight is 248 g/mol. The molecule has 100 valence electrons. The van der Waals surface area contributed by atoms with E-state index in [1.165, 1.54) is 12.8 Å². The molecule has 2 N–H and O–H groups in total. The van der Waals surface area contributed by atoms with E-state index in [9.17, 15) is 4.79 Å². The van der Waals surface area contributed by atoms with E-state index in [1.807, 2.05) is 0 Å². The van der Waals surface area contributed by atoms with Crippen LogP contribution in [0.3, 0.4) is 0 Å². The predicted octanol–water partition coefficient (Wildman–Crippen LogP) is 1.54. The minimum atomic E-state index is 0.0693. The van der Waals surface area contributed by atoms with E-state index in [2.05, 4.69) is 37.3 Å². The van der Waals surface area contributed by atoms with Crippen molar-refractivity contribution in [3.8, 4) is 12.3 Å². The highest BCUT2D eigenvalue weighted by atomic mass is 16.2. The number of hydrogen-bond acceptors (Lipinski definition) is 2. The van der Waals surface area contributed by atoms with E-state index in [-0.39, 0.29) is 11.3 Å². The van der Waals surface area contributed by atoms with Gasteiger partial charge in [0.05, 0.1) is 13.1 Å². The molecule has 2 fully saturated rings. The van der Waals surface area contributed by atoms with E-state index >= 15 is 0 Å². The van der Waals surface area contributed by atoms with Crippen LogP contribution in [-0.2, 0) is 4.79 Å². The molecule has 2 saturated carbocycles. The zero-order valence-corrected chi connectivity index (χ0v) is 11.7. The molecule has 2 bridgehead atoms. The number of fused-ring (bicyclic) bond motifs is 2. The van der Waals surface area contributed by atoms with Crippen LogP contribution in [0.15, 0.2) is 0 Å². The summed E-state index contributed by atoms with van der Waals surface area (Å²) in [6, 6.07) is 0.325. The van der Waals surface area contributed by atoms with Gasteiger partial charge in [-0.1, -0.05) is 26.7 Å². The van der Waals surface area contributed by atoms with Crippen LogP contribution in [0.1, 0.15) is 40.0 Å². The van der Waals surface area contributed by atoms with E-state index in [0.717, 1.165) is 12.3 Å². The Hall–Kier alpha value is -1.01. The summed E-state index contributed by atoms with van der Waals surface area (Å²) in [5.74, 6) is 3.30. The molecule has 2 aliphatic carbocycles. The molecule has 3 heteroatoms. The van der Waals surface area contributed by atoms with Gasteiger partial charge in [-0.15, -0.1) is 6.42 Å². The monoisotopic (exact) mass is 248 g/mol. The number of rotatable bonds is 4. The first kappa shape index (κ1) is 13.4. The number of hydrogen-bond donors (Lipinski definition) is 2. The van der Waals surface area contributed by atoms with Crippen LogP contribution in [0.4, 0.5) is 0 Å². The van der Waals surface area contributed by atoms with Crippen molar-refractivity contribution in [1.29, 1.82) is 0 Å². The molecular weight excluding hydrogens is 224 g/mol. The lowest BCUT2D eigenvalue weighted by Crippen LogP contribution is -2.49. The molecule has 1 amide bonds. The van der Waals surface area contributed by atoms with Crippen molar-refractivity contribution >= 4 is 5.91 Å². The van der Waals surface area contributed by atoms with Gasteiger partial charge in [0.1, 0.15) is 0 Å². The van der Waals surface area contributed by atoms with E-state index < -0.39 is 0 Å². The minimum Gasteiger partial charge on any atom is -0.352 e. The van der Waals surface area contributed by atoms with Crippen LogP contribution in [0, 0.1) is 29.1 Å². The number of terminal acetylenes is 1. The highest BCUT2D eigenvalue weighted by Gasteiger charge is 2.61. The van der Waals surface area contributed by atoms with Crippen LogP contribution >= 0.6 is 0 Å². The zero-order valence-electron chi connectivity index (χ0n) is 11.7. The minimum absolute atomic E-state index is 0.0693. The lowest BCUT2D eigenvalue weighted by Gasteiger charge is -2.39. The summed E-state index contributed by atoms with van der Waals surface area (Å²) >= 11 is 0. The first-order valence-corrected chi connectivity index (χ1v) is 6.85. The maximum Gasteiger partial charge on any atom is 0.234 e. The topological polar surface area (TPSA) is 41.1 Å². The molecule has 0 spiro atoms. The smallest absolute Gasteiger partial charge is 0.234 e. The molecule has 2 aliphatic rings. The number of carbonyl (C=O) groups excluding carboxylic acids is 1. The number of amides is 1. The molecular formula is C15H24N2O. The van der Waals surface area contributed by atoms with Gasteiger partial charge in [0, 0.05) is 6.04 Å². The third-order valence-electron chi connectivity index (χ3n) is 5.64. The van der Waals surface area contributed by atoms with Crippen molar-refractivity contribution < 1.29 is 4.79 Å². The summed E-state index contributed by atoms with van der Waals surface area (Å²) in [7, 11) is 0. The summed E-state index contributed by atoms with van der Waals surface area (Å²) in [6.07, 6.45) is 8.81. The highest BCUT2D eigenvalue weighted by Crippen LogP contribution is 2.65. The number of nitrogens with one attached hydrogen (secondary N) is 2. The first-order chi connectivity index (χ1) is 8.41. The second kappa shape index (κ2) is 4.59. The fraction of sp³-hybridized carbons (Fsp3) is 0.800. The van der Waals surface area contributed by atoms with E-state index in [1.54, 1.807) is 0 Å². The Kier molecular flexibility index (Phi) is 3.42. The Balaban J connectivity index is 1.93. The zero-order chi connectivity index (χ0) is 13.4. The Morgan fingerprint density at radius 2 is 2.17 bits per heavy atom. The summed E-state index contributed by atoms with van der Waals surface area (Å²) in [4.78, 5) is 11.9. The molecule has 0 aromatic heterocycles. The number of carbonyl (C=O) groups is 1. The molecule has 18 heavy (non-hydrogen) atoms. The van der Waals surface area contributed by atoms with Crippen molar-refractivity contribution in [2.45, 2.75) is 46.1 Å². The van der Waals surface area contributed by atoms with Crippen LogP contribution in [0.25, 0.3) is 0 Å². The second-order valence-corrected chi connectivity index (χ2v) is 6.54. The van der Waals surface area contributed by atoms with Crippen LogP contribution in [0.2, 0.25) is 0 Å². The van der Waals surface area contributed by atoms with Crippen molar-refractivity contribution in [3.05, 3.63) is 0 Å². The van der Waals surface area contributed by atoms with Crippen LogP contribution < -0.4 is 10.6 Å². The molecule has 0 radical (unpaired) electrons. The molecule has 0 aromatic carbocycles. The van der Waals surface area contributed by atoms with Gasteiger partial charge in [-0.05, 0) is 36.0 Å². The second-order valence-electron chi connectivity index (χ2n) is 6.54. The van der Waals surface area contributed by atoms with Crippen LogP contribution in [-0.4, -0.2) is 25.0 Å². The van der Waals surface area contributed by atoms with Crippen LogP contribution in [0.5, 0.6) is 0 Å². The van der Waals surface area contributed by atoms with Gasteiger partial charge in [0.2, 0.25) is 5.91 Å². The quantitative estimate of drug-likeness (QED) is 0.585. The van der Waals surface area contributed by atoms with E-state index in [4.69, 9.17) is 6.42 Å². The average Bonchev–Trinajstić information content (AvgIpc) is 2.62. The highest BCUT2D eigenvalue weighted by molar-refractivity contribution is 5.78. The maximum absolute atomic E-state index is 11.9. The SMILES string of the molecule is C#CCNCC(=O)NC1CC2CCC1(C)C2(C)C. The van der Waals surface area contributed by atoms with Gasteiger partial charge in [-0.3, -0.25) is 10.1 Å². The summed E-state index contributed by atoms with van der Waals surface area (Å²) in [6.45, 7) is 7.81. The van der Waals surface area contributed by atoms with Crippen molar-refractivity contribution in [2.75, 3.05) is 13.1 Å². The Morgan fingerprint density at radius 3 is 2.67 bits per heavy atom. The van der Waals surface area contributed by atoms with Gasteiger partial charge in [0.15, 0.2) is 0 Å². The molecule has 3 nitrogen and oxygen atoms in total. The summed E-state index contributed by atoms with van der Waals surface area (Å²) in [5.41, 5.74) is 0.594. The maximum atomic E-state index is 11.9. The van der Waals surface area contributed by atoms with Crippen molar-refractivity contribution in [1.82, 2.24) is 10.6 Å². The largest absolute Gasteiger partial charge is 0.352 e. The van der Waals surface area contributed by atoms with Gasteiger partial charge >= 0.3 is 0 Å². The molecule has 3 unspecified atom stereocenters. The molecule has 3 atom stereocenters. The molecule has 0 aromatic rings. The predicted molar refractivity (Wildman–Crippen MR) is 72.9 cm³/mol. The Bertz CT molecular complexity index is 382. The summed E-state index contributed by atoms with van der Waals surface area (Å²) in [5, 5.41) is 6.13. The third-order valence-corrected chi connectivity index (χ3v) is 5.64. The molecule has 0 heterocycles. The normalized spacial score (nSPS) is 36.3. The summed E-state index contributed by atoms with van der Waals surface area (Å²) < 4.78 is 0. The Morgan fingerprint density at radius 1 is 1.44 bits per heavy atom. The van der Waals surface area contributed by atoms with Crippen molar-refractivity contribution in [3.63, 3.8) is 0 Å². The van der Waals surface area contributed by atoms with Crippen molar-refractivity contribution in [2.24, 2.45) is 16.7 Å². The lowest BCUT2D eigenvalue weighted by molar-refractivity contribution is -0.121. The Labute approximate surface area is 110 Å². The van der Waals surface area contributed by atoms with Gasteiger partial charge < -0.3 is 5.32 Å². The fourth-order valence-electron chi connectivity index (χ4n) is 3.92. The lowest BCUT2D eigenvalue weighted by atomic mass is 9.69.